The van der Waals surface area contributed by atoms with E-state index in [4.69, 9.17) is 18.9 Å². The van der Waals surface area contributed by atoms with Crippen LogP contribution in [0.1, 0.15) is 12.0 Å². The van der Waals surface area contributed by atoms with E-state index in [0.717, 1.165) is 24.1 Å². The molecular weight excluding hydrogens is 389 g/mol. The van der Waals surface area contributed by atoms with Gasteiger partial charge in [-0.15, -0.1) is 0 Å². The van der Waals surface area contributed by atoms with Gasteiger partial charge in [0.15, 0.2) is 11.6 Å². The molecule has 162 valence electrons. The number of aliphatic hydroxyl groups is 1. The van der Waals surface area contributed by atoms with E-state index in [1.807, 2.05) is 12.1 Å². The minimum absolute atomic E-state index is 0.0358. The zero-order valence-electron chi connectivity index (χ0n) is 17.6. The normalized spacial score (nSPS) is 15.3. The quantitative estimate of drug-likeness (QED) is 0.675. The molecule has 0 spiro atoms. The monoisotopic (exact) mass is 417 g/mol. The number of hydrogen-bond donors (Lipinski definition) is 1. The summed E-state index contributed by atoms with van der Waals surface area (Å²) in [6.07, 6.45) is 2.17. The highest BCUT2D eigenvalue weighted by Gasteiger charge is 2.22. The molecule has 0 radical (unpaired) electrons. The maximum Gasteiger partial charge on any atom is 0.165 e. The third kappa shape index (κ3) is 5.23. The Hall–Kier alpha value is -2.77. The summed E-state index contributed by atoms with van der Waals surface area (Å²) in [5.74, 6) is 1.78. The van der Waals surface area contributed by atoms with E-state index in [9.17, 15) is 9.50 Å². The van der Waals surface area contributed by atoms with Crippen LogP contribution in [-0.2, 0) is 0 Å². The molecule has 0 fully saturated rings. The smallest absolute Gasteiger partial charge is 0.165 e. The fourth-order valence-electron chi connectivity index (χ4n) is 3.52. The van der Waals surface area contributed by atoms with Crippen molar-refractivity contribution >= 4 is 5.57 Å². The predicted molar refractivity (Wildman–Crippen MR) is 113 cm³/mol. The lowest BCUT2D eigenvalue weighted by Gasteiger charge is -2.29. The van der Waals surface area contributed by atoms with Crippen molar-refractivity contribution in [3.63, 3.8) is 0 Å². The van der Waals surface area contributed by atoms with Crippen LogP contribution in [0.5, 0.6) is 23.0 Å². The Morgan fingerprint density at radius 1 is 1.03 bits per heavy atom. The second-order valence-electron chi connectivity index (χ2n) is 7.04. The minimum Gasteiger partial charge on any atom is -0.496 e. The molecule has 1 aliphatic rings. The summed E-state index contributed by atoms with van der Waals surface area (Å²) >= 11 is 0. The molecule has 1 heterocycles. The lowest BCUT2D eigenvalue weighted by Crippen LogP contribution is -2.38. The molecule has 0 bridgehead atoms. The number of halogens is 1. The first-order valence-corrected chi connectivity index (χ1v) is 9.82. The average molecular weight is 417 g/mol. The van der Waals surface area contributed by atoms with Gasteiger partial charge in [0.05, 0.1) is 26.9 Å². The third-order valence-electron chi connectivity index (χ3n) is 5.07. The topological polar surface area (TPSA) is 60.4 Å². The number of rotatable bonds is 9. The lowest BCUT2D eigenvalue weighted by atomic mass is 9.97. The Morgan fingerprint density at radius 3 is 2.30 bits per heavy atom. The van der Waals surface area contributed by atoms with Gasteiger partial charge >= 0.3 is 0 Å². The minimum atomic E-state index is -0.718. The van der Waals surface area contributed by atoms with Gasteiger partial charge in [-0.2, -0.15) is 0 Å². The highest BCUT2D eigenvalue weighted by molar-refractivity contribution is 5.77. The summed E-state index contributed by atoms with van der Waals surface area (Å²) in [4.78, 5) is 2.13. The molecule has 6 nitrogen and oxygen atoms in total. The van der Waals surface area contributed by atoms with Crippen molar-refractivity contribution in [3.8, 4) is 23.0 Å². The lowest BCUT2D eigenvalue weighted by molar-refractivity contribution is 0.0702. The van der Waals surface area contributed by atoms with Gasteiger partial charge in [0.25, 0.3) is 0 Å². The first kappa shape index (κ1) is 21.9. The number of benzene rings is 2. The predicted octanol–water partition coefficient (Wildman–Crippen LogP) is 3.38. The summed E-state index contributed by atoms with van der Waals surface area (Å²) in [5, 5.41) is 10.3. The molecule has 0 amide bonds. The summed E-state index contributed by atoms with van der Waals surface area (Å²) in [6.45, 7) is 1.91. The first-order chi connectivity index (χ1) is 14.5. The standard InChI is InChI=1S/C23H28FNO5/c1-27-18-12-21(28-2)23(22(13-18)29-3)16-8-10-25(11-9-16)14-17(26)15-30-20-7-5-4-6-19(20)24/h4-8,12-13,17,26H,9-11,14-15H2,1-3H3/t17-/m1/s1. The van der Waals surface area contributed by atoms with Crippen molar-refractivity contribution in [1.82, 2.24) is 4.90 Å². The van der Waals surface area contributed by atoms with Crippen molar-refractivity contribution in [2.75, 3.05) is 47.6 Å². The molecule has 3 rings (SSSR count). The fourth-order valence-corrected chi connectivity index (χ4v) is 3.52. The molecular formula is C23H28FNO5. The molecule has 1 aliphatic heterocycles. The van der Waals surface area contributed by atoms with E-state index in [0.29, 0.717) is 30.3 Å². The number of nitrogens with zero attached hydrogens (tertiary/aromatic N) is 1. The average Bonchev–Trinajstić information content (AvgIpc) is 2.78. The third-order valence-corrected chi connectivity index (χ3v) is 5.07. The first-order valence-electron chi connectivity index (χ1n) is 9.82. The Bertz CT molecular complexity index is 861. The SMILES string of the molecule is COc1cc(OC)c(C2=CCN(C[C@@H](O)COc3ccccc3F)CC2)c(OC)c1. The van der Waals surface area contributed by atoms with Gasteiger partial charge in [-0.25, -0.2) is 4.39 Å². The van der Waals surface area contributed by atoms with Gasteiger partial charge in [0.1, 0.15) is 30.0 Å². The van der Waals surface area contributed by atoms with Gasteiger partial charge in [-0.3, -0.25) is 4.90 Å². The summed E-state index contributed by atoms with van der Waals surface area (Å²) in [7, 11) is 4.85. The van der Waals surface area contributed by atoms with Crippen LogP contribution in [0.2, 0.25) is 0 Å². The molecule has 1 atom stereocenters. The number of aliphatic hydroxyl groups excluding tert-OH is 1. The molecule has 0 aliphatic carbocycles. The molecule has 0 unspecified atom stereocenters. The molecule has 30 heavy (non-hydrogen) atoms. The highest BCUT2D eigenvalue weighted by atomic mass is 19.1. The van der Waals surface area contributed by atoms with Crippen LogP contribution >= 0.6 is 0 Å². The van der Waals surface area contributed by atoms with Crippen LogP contribution in [0, 0.1) is 5.82 Å². The van der Waals surface area contributed by atoms with E-state index in [1.54, 1.807) is 39.5 Å². The molecule has 7 heteroatoms. The molecule has 0 aromatic heterocycles. The summed E-state index contributed by atoms with van der Waals surface area (Å²) in [6, 6.07) is 9.87. The fraction of sp³-hybridized carbons (Fsp3) is 0.391. The number of para-hydroxylation sites is 1. The number of hydrogen-bond acceptors (Lipinski definition) is 6. The zero-order valence-corrected chi connectivity index (χ0v) is 17.6. The van der Waals surface area contributed by atoms with Gasteiger partial charge < -0.3 is 24.1 Å². The van der Waals surface area contributed by atoms with Crippen LogP contribution in [0.25, 0.3) is 5.57 Å². The molecule has 2 aromatic rings. The van der Waals surface area contributed by atoms with Gasteiger partial charge in [0, 0.05) is 31.8 Å². The molecule has 2 aromatic carbocycles. The van der Waals surface area contributed by atoms with Crippen LogP contribution in [0.3, 0.4) is 0 Å². The Morgan fingerprint density at radius 2 is 1.73 bits per heavy atom. The Kier molecular flexibility index (Phi) is 7.54. The largest absolute Gasteiger partial charge is 0.496 e. The highest BCUT2D eigenvalue weighted by Crippen LogP contribution is 2.40. The number of ether oxygens (including phenoxy) is 4. The van der Waals surface area contributed by atoms with Crippen LogP contribution in [0.15, 0.2) is 42.5 Å². The van der Waals surface area contributed by atoms with Crippen molar-refractivity contribution in [1.29, 1.82) is 0 Å². The molecule has 0 saturated carbocycles. The summed E-state index contributed by atoms with van der Waals surface area (Å²) < 4.78 is 35.4. The number of β-amino-alcohol motifs (C(OH)–C–C–N with tert-alkyl or cyclic N) is 1. The van der Waals surface area contributed by atoms with E-state index < -0.39 is 11.9 Å². The maximum atomic E-state index is 13.6. The maximum absolute atomic E-state index is 13.6. The van der Waals surface area contributed by atoms with Crippen molar-refractivity contribution < 1.29 is 28.4 Å². The van der Waals surface area contributed by atoms with Gasteiger partial charge in [-0.1, -0.05) is 18.2 Å². The van der Waals surface area contributed by atoms with E-state index >= 15 is 0 Å². The van der Waals surface area contributed by atoms with Gasteiger partial charge in [0.2, 0.25) is 0 Å². The van der Waals surface area contributed by atoms with Gasteiger partial charge in [-0.05, 0) is 24.1 Å². The molecule has 0 saturated heterocycles. The van der Waals surface area contributed by atoms with E-state index in [-0.39, 0.29) is 12.4 Å². The van der Waals surface area contributed by atoms with E-state index in [1.165, 1.54) is 6.07 Å². The van der Waals surface area contributed by atoms with Crippen molar-refractivity contribution in [2.45, 2.75) is 12.5 Å². The van der Waals surface area contributed by atoms with Crippen molar-refractivity contribution in [2.24, 2.45) is 0 Å². The Balaban J connectivity index is 1.62. The Labute approximate surface area is 176 Å². The van der Waals surface area contributed by atoms with Crippen LogP contribution in [0.4, 0.5) is 4.39 Å². The van der Waals surface area contributed by atoms with Crippen LogP contribution < -0.4 is 18.9 Å². The van der Waals surface area contributed by atoms with Crippen molar-refractivity contribution in [3.05, 3.63) is 53.9 Å². The summed E-state index contributed by atoms with van der Waals surface area (Å²) in [5.41, 5.74) is 2.04. The zero-order chi connectivity index (χ0) is 21.5. The second kappa shape index (κ2) is 10.3. The second-order valence-corrected chi connectivity index (χ2v) is 7.04. The molecule has 1 N–H and O–H groups in total. The number of methoxy groups -OCH3 is 3. The van der Waals surface area contributed by atoms with Crippen LogP contribution in [-0.4, -0.2) is 63.7 Å². The van der Waals surface area contributed by atoms with E-state index in [2.05, 4.69) is 11.0 Å².